The molecule has 1 unspecified atom stereocenters. The van der Waals surface area contributed by atoms with Gasteiger partial charge in [-0.25, -0.2) is 4.57 Å². The minimum atomic E-state index is -3.04. The predicted molar refractivity (Wildman–Crippen MR) is 70.6 cm³/mol. The van der Waals surface area contributed by atoms with Crippen LogP contribution in [-0.2, 0) is 0 Å². The van der Waals surface area contributed by atoms with Gasteiger partial charge in [-0.15, -0.1) is 0 Å². The van der Waals surface area contributed by atoms with Gasteiger partial charge in [-0.3, -0.25) is 9.59 Å². The first-order valence-corrected chi connectivity index (χ1v) is 6.26. The molecule has 1 atom stereocenters. The van der Waals surface area contributed by atoms with Crippen LogP contribution in [0.1, 0.15) is 18.1 Å². The number of hydrogen-bond donors (Lipinski definition) is 3. The molecule has 3 N–H and O–H groups in total. The smallest absolute Gasteiger partial charge is 0.282 e. The normalized spacial score (nSPS) is 16.2. The van der Waals surface area contributed by atoms with Crippen LogP contribution in [0.2, 0.25) is 0 Å². The van der Waals surface area contributed by atoms with Gasteiger partial charge < -0.3 is 15.3 Å². The summed E-state index contributed by atoms with van der Waals surface area (Å²) in [5.41, 5.74) is -0.0856. The molecule has 0 saturated heterocycles. The summed E-state index contributed by atoms with van der Waals surface area (Å²) in [5.74, 6) is -4.90. The quantitative estimate of drug-likeness (QED) is 0.636. The summed E-state index contributed by atoms with van der Waals surface area (Å²) in [4.78, 5) is 24.7. The van der Waals surface area contributed by atoms with Gasteiger partial charge in [-0.2, -0.15) is 0 Å². The highest BCUT2D eigenvalue weighted by Crippen LogP contribution is 2.28. The van der Waals surface area contributed by atoms with Crippen LogP contribution in [0.25, 0.3) is 16.5 Å². The molecule has 4 bridgehead atoms. The van der Waals surface area contributed by atoms with Gasteiger partial charge in [0.15, 0.2) is 0 Å². The van der Waals surface area contributed by atoms with Crippen molar-refractivity contribution in [3.63, 3.8) is 0 Å². The van der Waals surface area contributed by atoms with Crippen LogP contribution >= 0.6 is 0 Å². The lowest BCUT2D eigenvalue weighted by molar-refractivity contribution is -0.331. The second-order valence-corrected chi connectivity index (χ2v) is 4.93. The molecule has 0 saturated carbocycles. The van der Waals surface area contributed by atoms with Crippen molar-refractivity contribution in [3.05, 3.63) is 39.8 Å². The molecule has 2 aromatic rings. The zero-order valence-electron chi connectivity index (χ0n) is 10.7. The Bertz CT molecular complexity index is 828. The molecule has 2 heterocycles. The molecule has 104 valence electrons. The summed E-state index contributed by atoms with van der Waals surface area (Å²) in [5, 5.41) is 29.0. The second-order valence-electron chi connectivity index (χ2n) is 4.93. The van der Waals surface area contributed by atoms with Gasteiger partial charge in [0.25, 0.3) is 17.4 Å². The van der Waals surface area contributed by atoms with Gasteiger partial charge in [-0.1, -0.05) is 19.1 Å². The largest absolute Gasteiger partial charge is 0.343 e. The van der Waals surface area contributed by atoms with Crippen LogP contribution < -0.4 is 10.8 Å². The topological polar surface area (TPSA) is 99.8 Å². The molecule has 1 aromatic carbocycles. The molecule has 0 fully saturated rings. The van der Waals surface area contributed by atoms with E-state index in [2.05, 4.69) is 0 Å². The number of aromatic nitrogens is 1. The lowest BCUT2D eigenvalue weighted by atomic mass is 9.92. The van der Waals surface area contributed by atoms with Crippen molar-refractivity contribution in [1.29, 1.82) is 0 Å². The maximum Gasteiger partial charge on any atom is 0.282 e. The highest BCUT2D eigenvalue weighted by Gasteiger charge is 2.41. The number of carbonyl (C=O) groups is 1. The molecule has 0 amide bonds. The van der Waals surface area contributed by atoms with Crippen LogP contribution in [0, 0.1) is 5.92 Å². The van der Waals surface area contributed by atoms with Crippen molar-refractivity contribution in [2.75, 3.05) is 0 Å². The Labute approximate surface area is 113 Å². The summed E-state index contributed by atoms with van der Waals surface area (Å²) in [6, 6.07) is 6.70. The van der Waals surface area contributed by atoms with E-state index < -0.39 is 23.4 Å². The molecule has 1 aliphatic rings. The lowest BCUT2D eigenvalue weighted by Crippen LogP contribution is -2.40. The predicted octanol–water partition coefficient (Wildman–Crippen LogP) is -0.818. The number of aliphatic hydroxyl groups is 3. The van der Waals surface area contributed by atoms with Crippen molar-refractivity contribution in [3.8, 4) is 0 Å². The molecule has 3 rings (SSSR count). The summed E-state index contributed by atoms with van der Waals surface area (Å²) in [6.07, 6.45) is 0.102. The van der Waals surface area contributed by atoms with E-state index in [1.165, 1.54) is 0 Å². The number of benzene rings is 1. The number of pyridine rings is 1. The van der Waals surface area contributed by atoms with Gasteiger partial charge >= 0.3 is 0 Å². The molecule has 1 aromatic heterocycles. The van der Waals surface area contributed by atoms with Crippen LogP contribution in [-0.4, -0.2) is 31.8 Å². The number of nitrogens with zero attached hydrogens (tertiary/aromatic N) is 1. The molecule has 0 aliphatic carbocycles. The standard InChI is InChI=1S/C14H13NO5/c1-2-9(14(18,19)20)11-10-7-4-3-5-8(6-7)15(12(10)16)13(11)17/h3-6,9,18-20H,2H2,1H3. The number of fused-ring (bicyclic) bond motifs is 6. The van der Waals surface area contributed by atoms with E-state index in [1.54, 1.807) is 31.2 Å². The van der Waals surface area contributed by atoms with Gasteiger partial charge in [0.05, 0.1) is 16.7 Å². The summed E-state index contributed by atoms with van der Waals surface area (Å²) >= 11 is 0. The van der Waals surface area contributed by atoms with Crippen molar-refractivity contribution in [1.82, 2.24) is 4.57 Å². The number of carbonyl (C=O) groups excluding carboxylic acids is 1. The molecule has 6 heteroatoms. The Morgan fingerprint density at radius 3 is 2.55 bits per heavy atom. The van der Waals surface area contributed by atoms with Crippen LogP contribution in [0.15, 0.2) is 29.1 Å². The number of rotatable bonds is 3. The summed E-state index contributed by atoms with van der Waals surface area (Å²) in [7, 11) is 0. The SMILES string of the molecule is CCC(C1=c2c(=O)n(c3cccc2c3)C1=O)C(O)(O)O. The third-order valence-corrected chi connectivity index (χ3v) is 3.74. The van der Waals surface area contributed by atoms with E-state index in [0.717, 1.165) is 4.57 Å². The van der Waals surface area contributed by atoms with Crippen molar-refractivity contribution in [2.45, 2.75) is 19.3 Å². The Morgan fingerprint density at radius 1 is 1.25 bits per heavy atom. The monoisotopic (exact) mass is 275 g/mol. The van der Waals surface area contributed by atoms with Gasteiger partial charge in [-0.05, 0) is 23.9 Å². The van der Waals surface area contributed by atoms with Crippen molar-refractivity contribution in [2.24, 2.45) is 5.92 Å². The second kappa shape index (κ2) is 3.99. The van der Waals surface area contributed by atoms with E-state index in [9.17, 15) is 24.9 Å². The Balaban J connectivity index is 2.45. The maximum atomic E-state index is 12.4. The van der Waals surface area contributed by atoms with Crippen LogP contribution in [0.3, 0.4) is 0 Å². The van der Waals surface area contributed by atoms with E-state index in [0.29, 0.717) is 10.9 Å². The third-order valence-electron chi connectivity index (χ3n) is 3.74. The van der Waals surface area contributed by atoms with Gasteiger partial charge in [0, 0.05) is 5.57 Å². The maximum absolute atomic E-state index is 12.4. The first-order valence-electron chi connectivity index (χ1n) is 6.26. The van der Waals surface area contributed by atoms with Gasteiger partial charge in [0.2, 0.25) is 0 Å². The molecule has 0 spiro atoms. The van der Waals surface area contributed by atoms with Crippen LogP contribution in [0.5, 0.6) is 0 Å². The first-order chi connectivity index (χ1) is 9.36. The fourth-order valence-electron chi connectivity index (χ4n) is 2.86. The minimum Gasteiger partial charge on any atom is -0.343 e. The zero-order valence-corrected chi connectivity index (χ0v) is 10.7. The highest BCUT2D eigenvalue weighted by molar-refractivity contribution is 6.20. The molecular formula is C14H13NO5. The fourth-order valence-corrected chi connectivity index (χ4v) is 2.86. The molecule has 20 heavy (non-hydrogen) atoms. The van der Waals surface area contributed by atoms with E-state index in [4.69, 9.17) is 0 Å². The van der Waals surface area contributed by atoms with Crippen molar-refractivity contribution >= 4 is 22.4 Å². The van der Waals surface area contributed by atoms with Gasteiger partial charge in [0.1, 0.15) is 0 Å². The zero-order chi connectivity index (χ0) is 14.7. The summed E-state index contributed by atoms with van der Waals surface area (Å²) < 4.78 is 0.992. The van der Waals surface area contributed by atoms with E-state index in [1.807, 2.05) is 0 Å². The molecule has 1 aliphatic heterocycles. The third kappa shape index (κ3) is 1.56. The average molecular weight is 275 g/mol. The van der Waals surface area contributed by atoms with Crippen molar-refractivity contribution < 1.29 is 20.1 Å². The van der Waals surface area contributed by atoms with Crippen LogP contribution in [0.4, 0.5) is 0 Å². The van der Waals surface area contributed by atoms with E-state index >= 15 is 0 Å². The molecular weight excluding hydrogens is 262 g/mol. The van der Waals surface area contributed by atoms with E-state index in [-0.39, 0.29) is 17.2 Å². The lowest BCUT2D eigenvalue weighted by Gasteiger charge is -2.25. The summed E-state index contributed by atoms with van der Waals surface area (Å²) in [6.45, 7) is 1.60. The Kier molecular flexibility index (Phi) is 2.59. The molecule has 0 radical (unpaired) electrons. The Morgan fingerprint density at radius 2 is 1.95 bits per heavy atom. The molecule has 6 nitrogen and oxygen atoms in total. The Hall–Kier alpha value is -2.02. The number of hydrogen-bond acceptors (Lipinski definition) is 5. The average Bonchev–Trinajstić information content (AvgIpc) is 2.56. The first kappa shape index (κ1) is 13.0. The highest BCUT2D eigenvalue weighted by atomic mass is 16.7. The fraction of sp³-hybridized carbons (Fsp3) is 0.286. The minimum absolute atomic E-state index is 0.0498.